The van der Waals surface area contributed by atoms with Crippen molar-refractivity contribution in [3.8, 4) is 17.0 Å². The van der Waals surface area contributed by atoms with Gasteiger partial charge in [-0.1, -0.05) is 36.4 Å². The Hall–Kier alpha value is -3.60. The molecule has 1 atom stereocenters. The minimum atomic E-state index is -3.35. The average Bonchev–Trinajstić information content (AvgIpc) is 2.87. The monoisotopic (exact) mass is 493 g/mol. The van der Waals surface area contributed by atoms with Crippen LogP contribution in [0.1, 0.15) is 28.8 Å². The van der Waals surface area contributed by atoms with Crippen LogP contribution in [-0.4, -0.2) is 50.4 Å². The fraction of sp³-hybridized carbons (Fsp3) is 0.240. The summed E-state index contributed by atoms with van der Waals surface area (Å²) in [6.07, 6.45) is 3.50. The predicted molar refractivity (Wildman–Crippen MR) is 137 cm³/mol. The van der Waals surface area contributed by atoms with Gasteiger partial charge in [0.15, 0.2) is 5.84 Å². The van der Waals surface area contributed by atoms with Crippen molar-refractivity contribution in [2.45, 2.75) is 12.8 Å². The molecule has 1 fully saturated rings. The molecule has 3 aromatic rings. The summed E-state index contributed by atoms with van der Waals surface area (Å²) in [7, 11) is -3.35. The summed E-state index contributed by atoms with van der Waals surface area (Å²) in [5.41, 5.74) is 9.31. The highest BCUT2D eigenvalue weighted by atomic mass is 32.3. The first-order valence-corrected chi connectivity index (χ1v) is 12.9. The summed E-state index contributed by atoms with van der Waals surface area (Å²) < 4.78 is 32.1. The van der Waals surface area contributed by atoms with E-state index in [1.165, 1.54) is 0 Å². The smallest absolute Gasteiger partial charge is 0.253 e. The van der Waals surface area contributed by atoms with E-state index in [2.05, 4.69) is 14.1 Å². The van der Waals surface area contributed by atoms with E-state index in [0.717, 1.165) is 24.1 Å². The molecule has 182 valence electrons. The average molecular weight is 494 g/mol. The largest absolute Gasteiger partial charge is 0.492 e. The highest BCUT2D eigenvalue weighted by Crippen LogP contribution is 2.46. The lowest BCUT2D eigenvalue weighted by Crippen LogP contribution is -2.41. The van der Waals surface area contributed by atoms with Crippen molar-refractivity contribution < 1.29 is 18.6 Å². The summed E-state index contributed by atoms with van der Waals surface area (Å²) in [6, 6.07) is 18.6. The van der Waals surface area contributed by atoms with Gasteiger partial charge in [-0.15, -0.1) is 4.40 Å². The molecule has 5 N–H and O–H groups in total. The van der Waals surface area contributed by atoms with E-state index in [1.54, 1.807) is 30.5 Å². The third-order valence-corrected chi connectivity index (χ3v) is 7.06. The molecular formula is C25H27N5O4S. The number of amidine groups is 1. The molecule has 10 heteroatoms. The number of benzene rings is 2. The van der Waals surface area contributed by atoms with Crippen LogP contribution in [0.4, 0.5) is 5.69 Å². The molecule has 2 aliphatic heterocycles. The fourth-order valence-electron chi connectivity index (χ4n) is 4.46. The van der Waals surface area contributed by atoms with E-state index in [4.69, 9.17) is 10.5 Å². The zero-order valence-corrected chi connectivity index (χ0v) is 19.8. The Kier molecular flexibility index (Phi) is 6.33. The number of nitrogens with one attached hydrogen (secondary N) is 1. The van der Waals surface area contributed by atoms with Crippen LogP contribution in [0.5, 0.6) is 5.75 Å². The third kappa shape index (κ3) is 5.09. The molecule has 0 aliphatic carbocycles. The number of nitrogens with zero attached hydrogens (tertiary/aromatic N) is 3. The van der Waals surface area contributed by atoms with Crippen molar-refractivity contribution >= 4 is 28.4 Å². The van der Waals surface area contributed by atoms with E-state index in [0.29, 0.717) is 42.3 Å². The number of aromatic nitrogens is 1. The lowest BCUT2D eigenvalue weighted by Gasteiger charge is -2.34. The SMILES string of the molecule is NC1=NS(O)(O)Nc2cccc(OC[C@H]3CCCN(C(=O)c4ccnc(-c5ccccc5)c4)C3)c21. The second-order valence-corrected chi connectivity index (χ2v) is 10.1. The molecule has 0 unspecified atom stereocenters. The number of likely N-dealkylation sites (tertiary alicyclic amines) is 1. The van der Waals surface area contributed by atoms with E-state index >= 15 is 0 Å². The Balaban J connectivity index is 1.26. The molecule has 2 aromatic carbocycles. The summed E-state index contributed by atoms with van der Waals surface area (Å²) in [5, 5.41) is 0. The van der Waals surface area contributed by atoms with Gasteiger partial charge in [-0.2, -0.15) is 0 Å². The maximum atomic E-state index is 13.3. The van der Waals surface area contributed by atoms with Gasteiger partial charge in [0.25, 0.3) is 5.91 Å². The van der Waals surface area contributed by atoms with Gasteiger partial charge in [0.2, 0.25) is 0 Å². The molecule has 35 heavy (non-hydrogen) atoms. The van der Waals surface area contributed by atoms with E-state index in [1.807, 2.05) is 41.3 Å². The Morgan fingerprint density at radius 1 is 1.17 bits per heavy atom. The van der Waals surface area contributed by atoms with Crippen LogP contribution in [0.25, 0.3) is 11.3 Å². The van der Waals surface area contributed by atoms with Crippen LogP contribution in [0.2, 0.25) is 0 Å². The first-order chi connectivity index (χ1) is 16.9. The number of hydrogen-bond donors (Lipinski definition) is 4. The number of hydrogen-bond acceptors (Lipinski definition) is 8. The van der Waals surface area contributed by atoms with Gasteiger partial charge >= 0.3 is 0 Å². The first-order valence-electron chi connectivity index (χ1n) is 11.4. The molecule has 3 heterocycles. The second kappa shape index (κ2) is 9.57. The number of nitrogens with two attached hydrogens (primary N) is 1. The lowest BCUT2D eigenvalue weighted by atomic mass is 9.98. The summed E-state index contributed by atoms with van der Waals surface area (Å²) >= 11 is 0. The Morgan fingerprint density at radius 2 is 2.00 bits per heavy atom. The van der Waals surface area contributed by atoms with Crippen LogP contribution in [0.3, 0.4) is 0 Å². The van der Waals surface area contributed by atoms with Crippen molar-refractivity contribution in [3.05, 3.63) is 78.0 Å². The van der Waals surface area contributed by atoms with Crippen molar-refractivity contribution in [1.82, 2.24) is 9.88 Å². The Bertz CT molecular complexity index is 1270. The molecular weight excluding hydrogens is 466 g/mol. The summed E-state index contributed by atoms with van der Waals surface area (Å²) in [6.45, 7) is 1.68. The second-order valence-electron chi connectivity index (χ2n) is 8.64. The molecule has 0 saturated carbocycles. The molecule has 0 bridgehead atoms. The molecule has 0 radical (unpaired) electrons. The van der Waals surface area contributed by atoms with Crippen molar-refractivity contribution in [2.24, 2.45) is 16.0 Å². The normalized spacial score (nSPS) is 19.7. The number of carbonyl (C=O) groups is 1. The summed E-state index contributed by atoms with van der Waals surface area (Å²) in [4.78, 5) is 19.6. The fourth-order valence-corrected chi connectivity index (χ4v) is 5.34. The van der Waals surface area contributed by atoms with Crippen molar-refractivity contribution in [3.63, 3.8) is 0 Å². The van der Waals surface area contributed by atoms with Gasteiger partial charge in [0, 0.05) is 36.3 Å². The number of anilines is 1. The van der Waals surface area contributed by atoms with Gasteiger partial charge in [-0.25, -0.2) is 0 Å². The minimum absolute atomic E-state index is 0.0155. The van der Waals surface area contributed by atoms with E-state index in [-0.39, 0.29) is 17.7 Å². The molecule has 0 spiro atoms. The zero-order chi connectivity index (χ0) is 24.4. The quantitative estimate of drug-likeness (QED) is 0.414. The molecule has 9 nitrogen and oxygen atoms in total. The highest BCUT2D eigenvalue weighted by Gasteiger charge is 2.28. The standard InChI is InChI=1S/C25H27N5O4S/c26-24-23-20(28-35(32,33)29-24)9-4-10-22(23)34-16-17-6-5-13-30(15-17)25(31)19-11-12-27-21(14-19)18-7-2-1-3-8-18/h1-4,7-12,14,17,28,32-33H,5-6,13,15-16H2,(H2,26,29)/t17-/m0/s1. The van der Waals surface area contributed by atoms with Crippen LogP contribution in [0.15, 0.2) is 71.3 Å². The van der Waals surface area contributed by atoms with E-state index in [9.17, 15) is 13.9 Å². The van der Waals surface area contributed by atoms with E-state index < -0.39 is 11.0 Å². The van der Waals surface area contributed by atoms with Gasteiger partial charge in [-0.05, 0) is 48.1 Å². The van der Waals surface area contributed by atoms with Gasteiger partial charge < -0.3 is 15.4 Å². The number of carbonyl (C=O) groups excluding carboxylic acids is 1. The van der Waals surface area contributed by atoms with Crippen LogP contribution in [-0.2, 0) is 0 Å². The number of ether oxygens (including phenoxy) is 1. The molecule has 1 amide bonds. The molecule has 2 aliphatic rings. The van der Waals surface area contributed by atoms with Gasteiger partial charge in [-0.3, -0.25) is 23.6 Å². The topological polar surface area (TPSA) is 133 Å². The number of pyridine rings is 1. The molecule has 5 rings (SSSR count). The molecule has 1 aromatic heterocycles. The zero-order valence-electron chi connectivity index (χ0n) is 19.0. The minimum Gasteiger partial charge on any atom is -0.492 e. The highest BCUT2D eigenvalue weighted by molar-refractivity contribution is 8.24. The number of piperidine rings is 1. The van der Waals surface area contributed by atoms with Crippen molar-refractivity contribution in [1.29, 1.82) is 0 Å². The van der Waals surface area contributed by atoms with Crippen LogP contribution < -0.4 is 15.2 Å². The Morgan fingerprint density at radius 3 is 2.83 bits per heavy atom. The lowest BCUT2D eigenvalue weighted by molar-refractivity contribution is 0.0633. The molecule has 1 saturated heterocycles. The number of rotatable bonds is 5. The first kappa shape index (κ1) is 23.2. The maximum absolute atomic E-state index is 13.3. The summed E-state index contributed by atoms with van der Waals surface area (Å²) in [5.74, 6) is 0.657. The van der Waals surface area contributed by atoms with Crippen molar-refractivity contribution in [2.75, 3.05) is 24.4 Å². The van der Waals surface area contributed by atoms with Crippen LogP contribution in [0, 0.1) is 5.92 Å². The number of fused-ring (bicyclic) bond motifs is 1. The third-order valence-electron chi connectivity index (χ3n) is 6.11. The van der Waals surface area contributed by atoms with Gasteiger partial charge in [0.1, 0.15) is 5.75 Å². The van der Waals surface area contributed by atoms with Crippen LogP contribution >= 0.6 is 11.0 Å². The Labute approximate surface area is 205 Å². The van der Waals surface area contributed by atoms with Gasteiger partial charge in [0.05, 0.1) is 23.6 Å². The number of amides is 1. The maximum Gasteiger partial charge on any atom is 0.253 e. The predicted octanol–water partition coefficient (Wildman–Crippen LogP) is 4.39.